The van der Waals surface area contributed by atoms with Gasteiger partial charge in [0, 0.05) is 12.0 Å². The first-order valence-electron chi connectivity index (χ1n) is 7.98. The van der Waals surface area contributed by atoms with Gasteiger partial charge < -0.3 is 5.73 Å². The highest BCUT2D eigenvalue weighted by molar-refractivity contribution is 7.92. The van der Waals surface area contributed by atoms with Crippen LogP contribution < -0.4 is 5.73 Å². The van der Waals surface area contributed by atoms with Gasteiger partial charge in [-0.2, -0.15) is 0 Å². The Labute approximate surface area is 151 Å². The Hall–Kier alpha value is -2.80. The number of carbonyl (C=O) groups is 3. The third kappa shape index (κ3) is 4.43. The quantitative estimate of drug-likeness (QED) is 0.559. The molecule has 0 spiro atoms. The number of rotatable bonds is 8. The Morgan fingerprint density at radius 3 is 2.08 bits per heavy atom. The van der Waals surface area contributed by atoms with Crippen LogP contribution in [0.25, 0.3) is 0 Å². The first kappa shape index (κ1) is 19.5. The van der Waals surface area contributed by atoms with E-state index < -0.39 is 32.6 Å². The maximum Gasteiger partial charge on any atom is 0.235 e. The molecule has 2 rings (SSSR count). The molecule has 0 saturated heterocycles. The first-order chi connectivity index (χ1) is 12.2. The van der Waals surface area contributed by atoms with Crippen molar-refractivity contribution in [3.63, 3.8) is 0 Å². The second kappa shape index (κ2) is 8.05. The minimum Gasteiger partial charge on any atom is -0.369 e. The van der Waals surface area contributed by atoms with Crippen LogP contribution >= 0.6 is 0 Å². The number of carbonyl (C=O) groups excluding carboxylic acids is 3. The Kier molecular flexibility index (Phi) is 6.05. The molecule has 0 fully saturated rings. The zero-order chi connectivity index (χ0) is 19.3. The number of ketones is 2. The summed E-state index contributed by atoms with van der Waals surface area (Å²) in [6, 6.07) is 14.3. The molecule has 2 N–H and O–H groups in total. The number of hydrogen-bond donors (Lipinski definition) is 1. The molecule has 26 heavy (non-hydrogen) atoms. The van der Waals surface area contributed by atoms with Gasteiger partial charge in [-0.1, -0.05) is 30.3 Å². The second-order valence-electron chi connectivity index (χ2n) is 5.85. The van der Waals surface area contributed by atoms with Crippen molar-refractivity contribution >= 4 is 27.3 Å². The summed E-state index contributed by atoms with van der Waals surface area (Å²) < 4.78 is 24.4. The summed E-state index contributed by atoms with van der Waals surface area (Å²) >= 11 is 0. The molecule has 136 valence electrons. The number of benzene rings is 2. The SMILES string of the molecule is CC(C(N)=O)S(=O)(=O)c1ccc(C(=O)C(=O)CCc2ccccc2)cc1. The largest absolute Gasteiger partial charge is 0.369 e. The van der Waals surface area contributed by atoms with E-state index in [1.165, 1.54) is 31.2 Å². The van der Waals surface area contributed by atoms with Gasteiger partial charge in [-0.15, -0.1) is 0 Å². The van der Waals surface area contributed by atoms with Gasteiger partial charge >= 0.3 is 0 Å². The third-order valence-corrected chi connectivity index (χ3v) is 6.14. The minimum absolute atomic E-state index is 0.0710. The summed E-state index contributed by atoms with van der Waals surface area (Å²) in [4.78, 5) is 35.3. The summed E-state index contributed by atoms with van der Waals surface area (Å²) in [6.45, 7) is 1.20. The van der Waals surface area contributed by atoms with Crippen molar-refractivity contribution in [2.24, 2.45) is 5.73 Å². The van der Waals surface area contributed by atoms with Crippen LogP contribution in [0.2, 0.25) is 0 Å². The average molecular weight is 373 g/mol. The Morgan fingerprint density at radius 1 is 0.962 bits per heavy atom. The van der Waals surface area contributed by atoms with Gasteiger partial charge in [0.1, 0.15) is 5.25 Å². The lowest BCUT2D eigenvalue weighted by Gasteiger charge is -2.09. The maximum absolute atomic E-state index is 12.2. The summed E-state index contributed by atoms with van der Waals surface area (Å²) in [5, 5.41) is -1.38. The number of nitrogens with two attached hydrogens (primary N) is 1. The van der Waals surface area contributed by atoms with Crippen LogP contribution in [0.15, 0.2) is 59.5 Å². The highest BCUT2D eigenvalue weighted by Gasteiger charge is 2.28. The standard InChI is InChI=1S/C19H19NO5S/c1-13(19(20)23)26(24,25)16-10-8-15(9-11-16)18(22)17(21)12-7-14-5-3-2-4-6-14/h2-6,8-11,13H,7,12H2,1H3,(H2,20,23). The zero-order valence-corrected chi connectivity index (χ0v) is 15.0. The monoisotopic (exact) mass is 373 g/mol. The van der Waals surface area contributed by atoms with Gasteiger partial charge in [-0.3, -0.25) is 14.4 Å². The number of aryl methyl sites for hydroxylation is 1. The van der Waals surface area contributed by atoms with Crippen LogP contribution in [-0.4, -0.2) is 31.1 Å². The summed E-state index contributed by atoms with van der Waals surface area (Å²) in [5.41, 5.74) is 6.10. The molecule has 2 aromatic rings. The zero-order valence-electron chi connectivity index (χ0n) is 14.2. The van der Waals surface area contributed by atoms with Crippen molar-refractivity contribution < 1.29 is 22.8 Å². The van der Waals surface area contributed by atoms with E-state index in [1.807, 2.05) is 30.3 Å². The Balaban J connectivity index is 2.08. The van der Waals surface area contributed by atoms with Crippen LogP contribution in [0.5, 0.6) is 0 Å². The average Bonchev–Trinajstić information content (AvgIpc) is 2.65. The van der Waals surface area contributed by atoms with Gasteiger partial charge in [0.05, 0.1) is 4.90 Å². The molecule has 7 heteroatoms. The van der Waals surface area contributed by atoms with Crippen molar-refractivity contribution in [2.45, 2.75) is 29.9 Å². The van der Waals surface area contributed by atoms with Crippen LogP contribution in [-0.2, 0) is 25.8 Å². The first-order valence-corrected chi connectivity index (χ1v) is 9.53. The number of primary amides is 1. The summed E-state index contributed by atoms with van der Waals surface area (Å²) in [7, 11) is -3.92. The summed E-state index contributed by atoms with van der Waals surface area (Å²) in [6.07, 6.45) is 0.523. The highest BCUT2D eigenvalue weighted by Crippen LogP contribution is 2.17. The molecule has 2 aromatic carbocycles. The Bertz CT molecular complexity index is 918. The molecule has 0 aliphatic rings. The fourth-order valence-electron chi connectivity index (χ4n) is 2.33. The van der Waals surface area contributed by atoms with Crippen LogP contribution in [0.4, 0.5) is 0 Å². The van der Waals surface area contributed by atoms with Crippen LogP contribution in [0.1, 0.15) is 29.3 Å². The van der Waals surface area contributed by atoms with Gasteiger partial charge in [0.15, 0.2) is 9.84 Å². The summed E-state index contributed by atoms with van der Waals surface area (Å²) in [5.74, 6) is -2.18. The molecule has 0 radical (unpaired) electrons. The predicted molar refractivity (Wildman–Crippen MR) is 96.4 cm³/mol. The van der Waals surface area contributed by atoms with Crippen molar-refractivity contribution in [1.82, 2.24) is 0 Å². The van der Waals surface area contributed by atoms with E-state index in [-0.39, 0.29) is 16.9 Å². The topological polar surface area (TPSA) is 111 Å². The van der Waals surface area contributed by atoms with Crippen LogP contribution in [0, 0.1) is 0 Å². The van der Waals surface area contributed by atoms with E-state index in [0.29, 0.717) is 6.42 Å². The van der Waals surface area contributed by atoms with E-state index in [4.69, 9.17) is 5.73 Å². The molecule has 0 saturated carbocycles. The van der Waals surface area contributed by atoms with Crippen LogP contribution in [0.3, 0.4) is 0 Å². The lowest BCUT2D eigenvalue weighted by atomic mass is 10.0. The van der Waals surface area contributed by atoms with Gasteiger partial charge in [0.25, 0.3) is 0 Å². The highest BCUT2D eigenvalue weighted by atomic mass is 32.2. The molecule has 6 nitrogen and oxygen atoms in total. The van der Waals surface area contributed by atoms with Gasteiger partial charge in [-0.25, -0.2) is 8.42 Å². The molecule has 1 amide bonds. The predicted octanol–water partition coefficient (Wildman–Crippen LogP) is 1.72. The molecule has 0 heterocycles. The number of hydrogen-bond acceptors (Lipinski definition) is 5. The second-order valence-corrected chi connectivity index (χ2v) is 8.12. The third-order valence-electron chi connectivity index (χ3n) is 4.05. The van der Waals surface area contributed by atoms with Gasteiger partial charge in [0.2, 0.25) is 17.5 Å². The number of amides is 1. The van der Waals surface area contributed by atoms with Gasteiger partial charge in [-0.05, 0) is 43.2 Å². The van der Waals surface area contributed by atoms with Crippen molar-refractivity contribution in [2.75, 3.05) is 0 Å². The van der Waals surface area contributed by atoms with Crippen molar-refractivity contribution in [3.8, 4) is 0 Å². The fraction of sp³-hybridized carbons (Fsp3) is 0.211. The van der Waals surface area contributed by atoms with E-state index in [2.05, 4.69) is 0 Å². The lowest BCUT2D eigenvalue weighted by Crippen LogP contribution is -2.33. The van der Waals surface area contributed by atoms with E-state index in [0.717, 1.165) is 5.56 Å². The van der Waals surface area contributed by atoms with E-state index in [9.17, 15) is 22.8 Å². The normalized spacial score (nSPS) is 12.3. The molecular formula is C19H19NO5S. The molecule has 1 unspecified atom stereocenters. The molecule has 0 aliphatic heterocycles. The maximum atomic E-state index is 12.2. The molecule has 1 atom stereocenters. The van der Waals surface area contributed by atoms with Crippen molar-refractivity contribution in [1.29, 1.82) is 0 Å². The smallest absolute Gasteiger partial charge is 0.235 e. The van der Waals surface area contributed by atoms with Crippen molar-refractivity contribution in [3.05, 3.63) is 65.7 Å². The molecule has 0 aliphatic carbocycles. The molecular weight excluding hydrogens is 354 g/mol. The minimum atomic E-state index is -3.92. The Morgan fingerprint density at radius 2 is 1.54 bits per heavy atom. The number of sulfone groups is 1. The fourth-order valence-corrected chi connectivity index (χ4v) is 3.56. The molecule has 0 aromatic heterocycles. The van der Waals surface area contributed by atoms with E-state index >= 15 is 0 Å². The number of Topliss-reactive ketones (excluding diaryl/α,β-unsaturated/α-hetero) is 2. The lowest BCUT2D eigenvalue weighted by molar-refractivity contribution is -0.117. The molecule has 0 bridgehead atoms. The van der Waals surface area contributed by atoms with E-state index in [1.54, 1.807) is 0 Å².